The second kappa shape index (κ2) is 5.65. The van der Waals surface area contributed by atoms with Gasteiger partial charge in [-0.2, -0.15) is 0 Å². The normalized spacial score (nSPS) is 10.1. The van der Waals surface area contributed by atoms with Gasteiger partial charge in [0.05, 0.1) is 6.54 Å². The number of H-pyrrole nitrogens is 1. The third-order valence-electron chi connectivity index (χ3n) is 1.89. The minimum Gasteiger partial charge on any atom is -0.347 e. The number of carbonyl (C=O) groups is 1. The van der Waals surface area contributed by atoms with Gasteiger partial charge in [-0.05, 0) is 6.42 Å². The van der Waals surface area contributed by atoms with Crippen molar-refractivity contribution in [1.29, 1.82) is 0 Å². The number of aromatic amines is 1. The van der Waals surface area contributed by atoms with Gasteiger partial charge >= 0.3 is 0 Å². The SMILES string of the molecule is CN(Cc1ncc[nH]1)C(=O)CCCCl. The maximum Gasteiger partial charge on any atom is 0.222 e. The van der Waals surface area contributed by atoms with Gasteiger partial charge in [-0.25, -0.2) is 4.98 Å². The van der Waals surface area contributed by atoms with Crippen molar-refractivity contribution in [3.8, 4) is 0 Å². The maximum absolute atomic E-state index is 11.5. The quantitative estimate of drug-likeness (QED) is 0.755. The van der Waals surface area contributed by atoms with Gasteiger partial charge in [0.2, 0.25) is 5.91 Å². The van der Waals surface area contributed by atoms with Crippen LogP contribution in [0.15, 0.2) is 12.4 Å². The first-order valence-corrected chi connectivity index (χ1v) is 5.05. The summed E-state index contributed by atoms with van der Waals surface area (Å²) in [6.45, 7) is 0.522. The Kier molecular flexibility index (Phi) is 4.46. The molecular weight excluding hydrogens is 202 g/mol. The van der Waals surface area contributed by atoms with E-state index in [1.165, 1.54) is 0 Å². The van der Waals surface area contributed by atoms with Gasteiger partial charge in [-0.3, -0.25) is 4.79 Å². The fourth-order valence-electron chi connectivity index (χ4n) is 1.11. The lowest BCUT2D eigenvalue weighted by atomic mass is 10.3. The Bertz CT molecular complexity index is 274. The van der Waals surface area contributed by atoms with Crippen LogP contribution >= 0.6 is 11.6 Å². The largest absolute Gasteiger partial charge is 0.347 e. The number of amides is 1. The topological polar surface area (TPSA) is 49.0 Å². The van der Waals surface area contributed by atoms with Crippen molar-refractivity contribution in [1.82, 2.24) is 14.9 Å². The van der Waals surface area contributed by atoms with Crippen LogP contribution in [0.1, 0.15) is 18.7 Å². The highest BCUT2D eigenvalue weighted by molar-refractivity contribution is 6.17. The molecule has 0 aromatic carbocycles. The molecule has 4 nitrogen and oxygen atoms in total. The van der Waals surface area contributed by atoms with Crippen LogP contribution in [0.25, 0.3) is 0 Å². The molecule has 0 radical (unpaired) electrons. The predicted octanol–water partition coefficient (Wildman–Crippen LogP) is 1.39. The molecule has 0 spiro atoms. The van der Waals surface area contributed by atoms with Crippen molar-refractivity contribution in [3.63, 3.8) is 0 Å². The lowest BCUT2D eigenvalue weighted by Gasteiger charge is -2.15. The summed E-state index contributed by atoms with van der Waals surface area (Å²) in [6.07, 6.45) is 4.64. The van der Waals surface area contributed by atoms with E-state index >= 15 is 0 Å². The Labute approximate surface area is 88.3 Å². The molecule has 0 saturated carbocycles. The fourth-order valence-corrected chi connectivity index (χ4v) is 1.24. The first-order valence-electron chi connectivity index (χ1n) is 4.52. The number of imidazole rings is 1. The summed E-state index contributed by atoms with van der Waals surface area (Å²) in [7, 11) is 1.76. The maximum atomic E-state index is 11.5. The molecule has 0 aliphatic carbocycles. The molecule has 1 amide bonds. The number of rotatable bonds is 5. The predicted molar refractivity (Wildman–Crippen MR) is 55.0 cm³/mol. The van der Waals surface area contributed by atoms with Crippen LogP contribution in [-0.4, -0.2) is 33.7 Å². The summed E-state index contributed by atoms with van der Waals surface area (Å²) in [4.78, 5) is 20.1. The molecule has 5 heteroatoms. The third kappa shape index (κ3) is 3.38. The van der Waals surface area contributed by atoms with E-state index in [1.807, 2.05) is 0 Å². The van der Waals surface area contributed by atoms with Gasteiger partial charge in [0, 0.05) is 31.7 Å². The highest BCUT2D eigenvalue weighted by atomic mass is 35.5. The van der Waals surface area contributed by atoms with E-state index < -0.39 is 0 Å². The molecule has 78 valence electrons. The van der Waals surface area contributed by atoms with Crippen molar-refractivity contribution >= 4 is 17.5 Å². The summed E-state index contributed by atoms with van der Waals surface area (Å²) in [6, 6.07) is 0. The van der Waals surface area contributed by atoms with Crippen molar-refractivity contribution in [2.24, 2.45) is 0 Å². The average molecular weight is 216 g/mol. The number of nitrogens with zero attached hydrogens (tertiary/aromatic N) is 2. The minimum atomic E-state index is 0.0991. The Morgan fingerprint density at radius 1 is 1.71 bits per heavy atom. The molecule has 0 aliphatic rings. The number of hydrogen-bond donors (Lipinski definition) is 1. The van der Waals surface area contributed by atoms with Crippen molar-refractivity contribution in [2.45, 2.75) is 19.4 Å². The van der Waals surface area contributed by atoms with Crippen LogP contribution in [0.3, 0.4) is 0 Å². The number of hydrogen-bond acceptors (Lipinski definition) is 2. The van der Waals surface area contributed by atoms with E-state index in [-0.39, 0.29) is 5.91 Å². The van der Waals surface area contributed by atoms with E-state index in [2.05, 4.69) is 9.97 Å². The van der Waals surface area contributed by atoms with Gasteiger partial charge < -0.3 is 9.88 Å². The summed E-state index contributed by atoms with van der Waals surface area (Å²) in [5, 5.41) is 0. The smallest absolute Gasteiger partial charge is 0.222 e. The van der Waals surface area contributed by atoms with Crippen molar-refractivity contribution in [2.75, 3.05) is 12.9 Å². The standard InChI is InChI=1S/C9H14ClN3O/c1-13(9(14)3-2-4-10)7-8-11-5-6-12-8/h5-6H,2-4,7H2,1H3,(H,11,12). The molecule has 1 rings (SSSR count). The molecule has 0 unspecified atom stereocenters. The molecule has 14 heavy (non-hydrogen) atoms. The summed E-state index contributed by atoms with van der Waals surface area (Å²) >= 11 is 5.50. The van der Waals surface area contributed by atoms with E-state index in [1.54, 1.807) is 24.3 Å². The summed E-state index contributed by atoms with van der Waals surface area (Å²) < 4.78 is 0. The molecule has 1 aromatic heterocycles. The van der Waals surface area contributed by atoms with Crippen molar-refractivity contribution in [3.05, 3.63) is 18.2 Å². The monoisotopic (exact) mass is 215 g/mol. The second-order valence-corrected chi connectivity index (χ2v) is 3.46. The fraction of sp³-hybridized carbons (Fsp3) is 0.556. The average Bonchev–Trinajstić information content (AvgIpc) is 2.66. The van der Waals surface area contributed by atoms with Gasteiger partial charge in [0.15, 0.2) is 0 Å². The van der Waals surface area contributed by atoms with Crippen LogP contribution in [0.4, 0.5) is 0 Å². The Hall–Kier alpha value is -1.03. The molecule has 1 heterocycles. The van der Waals surface area contributed by atoms with Crippen LogP contribution in [0, 0.1) is 0 Å². The van der Waals surface area contributed by atoms with Gasteiger partial charge in [0.1, 0.15) is 5.82 Å². The Morgan fingerprint density at radius 3 is 3.07 bits per heavy atom. The Morgan fingerprint density at radius 2 is 2.50 bits per heavy atom. The summed E-state index contributed by atoms with van der Waals surface area (Å²) in [5.74, 6) is 1.43. The molecule has 0 atom stereocenters. The molecule has 1 aromatic rings. The van der Waals surface area contributed by atoms with Gasteiger partial charge in [0.25, 0.3) is 0 Å². The lowest BCUT2D eigenvalue weighted by Crippen LogP contribution is -2.26. The number of carbonyl (C=O) groups excluding carboxylic acids is 1. The number of aromatic nitrogens is 2. The number of nitrogens with one attached hydrogen (secondary N) is 1. The zero-order valence-electron chi connectivity index (χ0n) is 8.16. The molecule has 0 saturated heterocycles. The van der Waals surface area contributed by atoms with E-state index in [0.717, 1.165) is 12.2 Å². The van der Waals surface area contributed by atoms with Gasteiger partial charge in [-0.15, -0.1) is 11.6 Å². The molecule has 1 N–H and O–H groups in total. The minimum absolute atomic E-state index is 0.0991. The number of halogens is 1. The third-order valence-corrected chi connectivity index (χ3v) is 2.16. The second-order valence-electron chi connectivity index (χ2n) is 3.08. The van der Waals surface area contributed by atoms with Crippen LogP contribution in [0.2, 0.25) is 0 Å². The van der Waals surface area contributed by atoms with Crippen LogP contribution < -0.4 is 0 Å². The zero-order valence-corrected chi connectivity index (χ0v) is 8.92. The summed E-state index contributed by atoms with van der Waals surface area (Å²) in [5.41, 5.74) is 0. The first-order chi connectivity index (χ1) is 6.74. The molecule has 0 bridgehead atoms. The highest BCUT2D eigenvalue weighted by Gasteiger charge is 2.09. The van der Waals surface area contributed by atoms with Crippen LogP contribution in [-0.2, 0) is 11.3 Å². The van der Waals surface area contributed by atoms with Crippen LogP contribution in [0.5, 0.6) is 0 Å². The first kappa shape index (κ1) is 11.0. The molecule has 0 aliphatic heterocycles. The van der Waals surface area contributed by atoms with E-state index in [9.17, 15) is 4.79 Å². The number of alkyl halides is 1. The molecular formula is C9H14ClN3O. The van der Waals surface area contributed by atoms with Gasteiger partial charge in [-0.1, -0.05) is 0 Å². The zero-order chi connectivity index (χ0) is 10.4. The Balaban J connectivity index is 2.34. The molecule has 0 fully saturated rings. The highest BCUT2D eigenvalue weighted by Crippen LogP contribution is 2.01. The lowest BCUT2D eigenvalue weighted by molar-refractivity contribution is -0.130. The van der Waals surface area contributed by atoms with Crippen molar-refractivity contribution < 1.29 is 4.79 Å². The van der Waals surface area contributed by atoms with E-state index in [4.69, 9.17) is 11.6 Å². The van der Waals surface area contributed by atoms with E-state index in [0.29, 0.717) is 18.8 Å².